The number of hydrazone groups is 1. The third-order valence-electron chi connectivity index (χ3n) is 2.38. The summed E-state index contributed by atoms with van der Waals surface area (Å²) in [7, 11) is 0. The molecular formula is C13H11N3O3. The molecule has 0 amide bonds. The lowest BCUT2D eigenvalue weighted by Gasteiger charge is -1.99. The third-order valence-corrected chi connectivity index (χ3v) is 2.38. The molecule has 0 fully saturated rings. The van der Waals surface area contributed by atoms with Crippen LogP contribution in [0.4, 0.5) is 11.4 Å². The highest BCUT2D eigenvalue weighted by Crippen LogP contribution is 2.25. The maximum Gasteiger partial charge on any atom is 0.311 e. The Bertz CT molecular complexity index is 612. The Labute approximate surface area is 109 Å². The number of phenols is 1. The summed E-state index contributed by atoms with van der Waals surface area (Å²) in [5.41, 5.74) is 3.78. The van der Waals surface area contributed by atoms with Gasteiger partial charge in [-0.25, -0.2) is 0 Å². The minimum absolute atomic E-state index is 0.344. The molecule has 0 atom stereocenters. The van der Waals surface area contributed by atoms with Crippen molar-refractivity contribution in [2.24, 2.45) is 5.10 Å². The van der Waals surface area contributed by atoms with Gasteiger partial charge >= 0.3 is 5.69 Å². The normalized spacial score (nSPS) is 10.5. The molecule has 0 aliphatic carbocycles. The minimum atomic E-state index is -0.642. The minimum Gasteiger partial charge on any atom is -0.502 e. The number of nitrogens with one attached hydrogen (secondary N) is 1. The number of benzene rings is 2. The highest BCUT2D eigenvalue weighted by atomic mass is 16.6. The second-order valence-corrected chi connectivity index (χ2v) is 3.74. The van der Waals surface area contributed by atoms with Gasteiger partial charge in [-0.2, -0.15) is 5.10 Å². The smallest absolute Gasteiger partial charge is 0.311 e. The van der Waals surface area contributed by atoms with Gasteiger partial charge in [0.1, 0.15) is 0 Å². The topological polar surface area (TPSA) is 87.8 Å². The largest absolute Gasteiger partial charge is 0.502 e. The monoisotopic (exact) mass is 257 g/mol. The lowest BCUT2D eigenvalue weighted by atomic mass is 10.2. The van der Waals surface area contributed by atoms with Gasteiger partial charge in [-0.15, -0.1) is 0 Å². The Hall–Kier alpha value is -2.89. The molecule has 96 valence electrons. The molecule has 2 aromatic rings. The summed E-state index contributed by atoms with van der Waals surface area (Å²) in [5.74, 6) is -0.363. The molecule has 0 saturated carbocycles. The molecule has 0 aliphatic rings. The number of nitro benzene ring substituents is 1. The number of hydrogen-bond acceptors (Lipinski definition) is 5. The van der Waals surface area contributed by atoms with E-state index < -0.39 is 4.92 Å². The van der Waals surface area contributed by atoms with Gasteiger partial charge in [-0.3, -0.25) is 15.5 Å². The predicted octanol–water partition coefficient (Wildman–Crippen LogP) is 2.75. The number of anilines is 1. The Morgan fingerprint density at radius 3 is 2.63 bits per heavy atom. The van der Waals surface area contributed by atoms with E-state index in [1.165, 1.54) is 18.3 Å². The van der Waals surface area contributed by atoms with Crippen molar-refractivity contribution in [2.75, 3.05) is 5.43 Å². The summed E-state index contributed by atoms with van der Waals surface area (Å²) >= 11 is 0. The van der Waals surface area contributed by atoms with Crippen LogP contribution in [0, 0.1) is 10.1 Å². The van der Waals surface area contributed by atoms with Gasteiger partial charge in [0.2, 0.25) is 0 Å². The van der Waals surface area contributed by atoms with Gasteiger partial charge < -0.3 is 5.11 Å². The Balaban J connectivity index is 2.11. The van der Waals surface area contributed by atoms with E-state index in [2.05, 4.69) is 10.5 Å². The summed E-state index contributed by atoms with van der Waals surface area (Å²) in [6.45, 7) is 0. The van der Waals surface area contributed by atoms with E-state index in [1.807, 2.05) is 30.3 Å². The number of nitro groups is 1. The van der Waals surface area contributed by atoms with Gasteiger partial charge in [0.05, 0.1) is 16.8 Å². The van der Waals surface area contributed by atoms with Crippen molar-refractivity contribution in [2.45, 2.75) is 0 Å². The van der Waals surface area contributed by atoms with Gasteiger partial charge in [-0.1, -0.05) is 18.2 Å². The van der Waals surface area contributed by atoms with Gasteiger partial charge in [0.25, 0.3) is 0 Å². The molecule has 0 aliphatic heterocycles. The van der Waals surface area contributed by atoms with Crippen LogP contribution in [-0.4, -0.2) is 16.2 Å². The van der Waals surface area contributed by atoms with Crippen LogP contribution in [0.2, 0.25) is 0 Å². The first-order valence-electron chi connectivity index (χ1n) is 5.48. The van der Waals surface area contributed by atoms with Crippen LogP contribution in [0.3, 0.4) is 0 Å². The van der Waals surface area contributed by atoms with Crippen LogP contribution in [0.15, 0.2) is 53.6 Å². The van der Waals surface area contributed by atoms with Crippen molar-refractivity contribution >= 4 is 17.6 Å². The molecule has 2 rings (SSSR count). The molecule has 0 aromatic heterocycles. The van der Waals surface area contributed by atoms with Crippen LogP contribution in [0.1, 0.15) is 5.56 Å². The second-order valence-electron chi connectivity index (χ2n) is 3.74. The first-order chi connectivity index (χ1) is 9.16. The maximum absolute atomic E-state index is 10.7. The number of para-hydroxylation sites is 1. The molecule has 6 nitrogen and oxygen atoms in total. The fourth-order valence-electron chi connectivity index (χ4n) is 1.46. The highest BCUT2D eigenvalue weighted by Gasteiger charge is 2.12. The van der Waals surface area contributed by atoms with E-state index in [0.717, 1.165) is 5.69 Å². The van der Waals surface area contributed by atoms with Crippen LogP contribution in [-0.2, 0) is 0 Å². The molecule has 0 saturated heterocycles. The van der Waals surface area contributed by atoms with E-state index in [4.69, 9.17) is 0 Å². The predicted molar refractivity (Wildman–Crippen MR) is 72.4 cm³/mol. The molecule has 2 aromatic carbocycles. The Kier molecular flexibility index (Phi) is 3.72. The summed E-state index contributed by atoms with van der Waals surface area (Å²) < 4.78 is 0. The number of rotatable bonds is 4. The lowest BCUT2D eigenvalue weighted by Crippen LogP contribution is -1.93. The molecular weight excluding hydrogens is 246 g/mol. The zero-order chi connectivity index (χ0) is 13.7. The zero-order valence-electron chi connectivity index (χ0n) is 9.85. The maximum atomic E-state index is 10.7. The average Bonchev–Trinajstić information content (AvgIpc) is 2.41. The lowest BCUT2D eigenvalue weighted by molar-refractivity contribution is -0.385. The van der Waals surface area contributed by atoms with Crippen molar-refractivity contribution in [1.82, 2.24) is 0 Å². The number of hydrogen-bond donors (Lipinski definition) is 2. The van der Waals surface area contributed by atoms with E-state index >= 15 is 0 Å². The molecule has 0 unspecified atom stereocenters. The first-order valence-corrected chi connectivity index (χ1v) is 5.48. The van der Waals surface area contributed by atoms with Crippen molar-refractivity contribution in [3.63, 3.8) is 0 Å². The third kappa shape index (κ3) is 3.29. The van der Waals surface area contributed by atoms with E-state index in [0.29, 0.717) is 5.56 Å². The van der Waals surface area contributed by atoms with Crippen LogP contribution in [0.5, 0.6) is 5.75 Å². The second kappa shape index (κ2) is 5.63. The fourth-order valence-corrected chi connectivity index (χ4v) is 1.46. The number of nitrogens with zero attached hydrogens (tertiary/aromatic N) is 2. The van der Waals surface area contributed by atoms with Gasteiger partial charge in [0, 0.05) is 11.6 Å². The summed E-state index contributed by atoms with van der Waals surface area (Å²) in [6, 6.07) is 13.4. The molecule has 0 spiro atoms. The van der Waals surface area contributed by atoms with Crippen LogP contribution >= 0.6 is 0 Å². The molecule has 2 N–H and O–H groups in total. The van der Waals surface area contributed by atoms with Crippen LogP contribution < -0.4 is 5.43 Å². The highest BCUT2D eigenvalue weighted by molar-refractivity contribution is 5.82. The zero-order valence-corrected chi connectivity index (χ0v) is 9.85. The molecule has 6 heteroatoms. The number of aromatic hydroxyl groups is 1. The summed E-state index contributed by atoms with van der Waals surface area (Å²) in [4.78, 5) is 10.0. The van der Waals surface area contributed by atoms with Crippen molar-refractivity contribution in [3.8, 4) is 5.75 Å². The van der Waals surface area contributed by atoms with Gasteiger partial charge in [0.15, 0.2) is 5.75 Å². The quantitative estimate of drug-likeness (QED) is 0.500. The van der Waals surface area contributed by atoms with E-state index in [-0.39, 0.29) is 11.4 Å². The Morgan fingerprint density at radius 2 is 1.95 bits per heavy atom. The Morgan fingerprint density at radius 1 is 1.21 bits per heavy atom. The summed E-state index contributed by atoms with van der Waals surface area (Å²) in [6.07, 6.45) is 1.44. The SMILES string of the molecule is O=[N+]([O-])c1cc(/C=N/Nc2ccccc2)ccc1O. The summed E-state index contributed by atoms with van der Waals surface area (Å²) in [5, 5.41) is 23.9. The first kappa shape index (κ1) is 12.6. The van der Waals surface area contributed by atoms with Crippen molar-refractivity contribution < 1.29 is 10.0 Å². The fraction of sp³-hybridized carbons (Fsp3) is 0. The average molecular weight is 257 g/mol. The molecule has 0 bridgehead atoms. The van der Waals surface area contributed by atoms with E-state index in [9.17, 15) is 15.2 Å². The molecule has 19 heavy (non-hydrogen) atoms. The molecule has 0 radical (unpaired) electrons. The van der Waals surface area contributed by atoms with Gasteiger partial charge in [-0.05, 0) is 24.3 Å². The van der Waals surface area contributed by atoms with Crippen LogP contribution in [0.25, 0.3) is 0 Å². The molecule has 0 heterocycles. The van der Waals surface area contributed by atoms with Crippen molar-refractivity contribution in [3.05, 3.63) is 64.2 Å². The standard InChI is InChI=1S/C13H11N3O3/c17-13-7-6-10(8-12(13)16(18)19)9-14-15-11-4-2-1-3-5-11/h1-9,15,17H/b14-9+. The van der Waals surface area contributed by atoms with Crippen molar-refractivity contribution in [1.29, 1.82) is 0 Å². The number of phenolic OH excluding ortho intramolecular Hbond substituents is 1. The van der Waals surface area contributed by atoms with E-state index in [1.54, 1.807) is 6.07 Å².